The van der Waals surface area contributed by atoms with Gasteiger partial charge in [-0.25, -0.2) is 9.18 Å². The van der Waals surface area contributed by atoms with Gasteiger partial charge in [0.05, 0.1) is 17.7 Å². The van der Waals surface area contributed by atoms with Crippen LogP contribution in [0, 0.1) is 12.7 Å². The molecule has 110 valence electrons. The number of rotatable bonds is 4. The molecule has 0 atom stereocenters. The second-order valence-corrected chi connectivity index (χ2v) is 5.51. The number of benzene rings is 1. The van der Waals surface area contributed by atoms with E-state index in [4.69, 9.17) is 4.74 Å². The molecular formula is C15H14FNO3S. The molecule has 1 amide bonds. The van der Waals surface area contributed by atoms with Crippen LogP contribution in [0.25, 0.3) is 0 Å². The Morgan fingerprint density at radius 2 is 2.00 bits per heavy atom. The summed E-state index contributed by atoms with van der Waals surface area (Å²) in [6.45, 7) is 3.76. The highest BCUT2D eigenvalue weighted by molar-refractivity contribution is 7.16. The van der Waals surface area contributed by atoms with E-state index in [0.29, 0.717) is 5.00 Å². The van der Waals surface area contributed by atoms with Crippen molar-refractivity contribution in [3.63, 3.8) is 0 Å². The summed E-state index contributed by atoms with van der Waals surface area (Å²) in [5.74, 6) is -1.72. The van der Waals surface area contributed by atoms with E-state index in [1.165, 1.54) is 29.5 Å². The van der Waals surface area contributed by atoms with Gasteiger partial charge in [-0.05, 0) is 32.0 Å². The van der Waals surface area contributed by atoms with Crippen molar-refractivity contribution in [3.8, 4) is 0 Å². The standard InChI is InChI=1S/C15H14FNO3S/c1-3-20-15(19)11-8-9(2)21-14(11)17-13(18)10-6-4-5-7-12(10)16/h4-8H,3H2,1-2H3,(H,17,18). The Kier molecular flexibility index (Phi) is 4.70. The molecule has 0 bridgehead atoms. The van der Waals surface area contributed by atoms with Gasteiger partial charge >= 0.3 is 5.97 Å². The predicted molar refractivity (Wildman–Crippen MR) is 79.4 cm³/mol. The third-order valence-corrected chi connectivity index (χ3v) is 3.66. The first kappa shape index (κ1) is 15.2. The van der Waals surface area contributed by atoms with Crippen LogP contribution in [0.1, 0.15) is 32.5 Å². The van der Waals surface area contributed by atoms with Crippen LogP contribution in [0.5, 0.6) is 0 Å². The lowest BCUT2D eigenvalue weighted by Crippen LogP contribution is -2.15. The average Bonchev–Trinajstić information content (AvgIpc) is 2.80. The summed E-state index contributed by atoms with van der Waals surface area (Å²) >= 11 is 1.24. The molecule has 0 unspecified atom stereocenters. The first-order chi connectivity index (χ1) is 10.0. The Bertz CT molecular complexity index is 681. The summed E-state index contributed by atoms with van der Waals surface area (Å²) in [5, 5.41) is 2.93. The molecular weight excluding hydrogens is 293 g/mol. The summed E-state index contributed by atoms with van der Waals surface area (Å²) in [7, 11) is 0. The maximum absolute atomic E-state index is 13.6. The van der Waals surface area contributed by atoms with E-state index in [9.17, 15) is 14.0 Å². The maximum Gasteiger partial charge on any atom is 0.341 e. The van der Waals surface area contributed by atoms with Crippen molar-refractivity contribution in [1.82, 2.24) is 0 Å². The number of thiophene rings is 1. The number of aryl methyl sites for hydroxylation is 1. The van der Waals surface area contributed by atoms with Gasteiger partial charge in [0.25, 0.3) is 5.91 Å². The van der Waals surface area contributed by atoms with E-state index in [0.717, 1.165) is 4.88 Å². The molecule has 0 aliphatic rings. The summed E-state index contributed by atoms with van der Waals surface area (Å²) in [5.41, 5.74) is 0.211. The van der Waals surface area contributed by atoms with Gasteiger partial charge < -0.3 is 10.1 Å². The number of carbonyl (C=O) groups excluding carboxylic acids is 2. The summed E-state index contributed by atoms with van der Waals surface area (Å²) < 4.78 is 18.5. The van der Waals surface area contributed by atoms with Gasteiger partial charge in [0.1, 0.15) is 10.8 Å². The summed E-state index contributed by atoms with van der Waals surface area (Å²) in [6, 6.07) is 7.31. The molecule has 4 nitrogen and oxygen atoms in total. The third kappa shape index (κ3) is 3.46. The molecule has 0 radical (unpaired) electrons. The minimum Gasteiger partial charge on any atom is -0.462 e. The van der Waals surface area contributed by atoms with Gasteiger partial charge in [0, 0.05) is 4.88 Å². The van der Waals surface area contributed by atoms with Crippen LogP contribution in [-0.4, -0.2) is 18.5 Å². The fraction of sp³-hybridized carbons (Fsp3) is 0.200. The minimum atomic E-state index is -0.610. The molecule has 1 heterocycles. The molecule has 1 N–H and O–H groups in total. The lowest BCUT2D eigenvalue weighted by molar-refractivity contribution is 0.0528. The van der Waals surface area contributed by atoms with Crippen molar-refractivity contribution in [2.75, 3.05) is 11.9 Å². The van der Waals surface area contributed by atoms with Gasteiger partial charge in [-0.15, -0.1) is 11.3 Å². The molecule has 1 aromatic carbocycles. The lowest BCUT2D eigenvalue weighted by Gasteiger charge is -2.06. The van der Waals surface area contributed by atoms with Crippen LogP contribution in [-0.2, 0) is 4.74 Å². The number of amides is 1. The molecule has 0 aliphatic carbocycles. The second kappa shape index (κ2) is 6.49. The Morgan fingerprint density at radius 3 is 2.67 bits per heavy atom. The quantitative estimate of drug-likeness (QED) is 0.878. The van der Waals surface area contributed by atoms with Crippen molar-refractivity contribution in [2.45, 2.75) is 13.8 Å². The van der Waals surface area contributed by atoms with Crippen molar-refractivity contribution in [2.24, 2.45) is 0 Å². The van der Waals surface area contributed by atoms with Gasteiger partial charge in [-0.2, -0.15) is 0 Å². The first-order valence-corrected chi connectivity index (χ1v) is 7.18. The molecule has 21 heavy (non-hydrogen) atoms. The lowest BCUT2D eigenvalue weighted by atomic mass is 10.2. The smallest absolute Gasteiger partial charge is 0.341 e. The van der Waals surface area contributed by atoms with Crippen LogP contribution in [0.15, 0.2) is 30.3 Å². The number of halogens is 1. The van der Waals surface area contributed by atoms with Crippen LogP contribution in [0.4, 0.5) is 9.39 Å². The number of hydrogen-bond acceptors (Lipinski definition) is 4. The predicted octanol–water partition coefficient (Wildman–Crippen LogP) is 3.62. The highest BCUT2D eigenvalue weighted by Gasteiger charge is 2.19. The molecule has 0 saturated heterocycles. The van der Waals surface area contributed by atoms with Crippen molar-refractivity contribution < 1.29 is 18.7 Å². The highest BCUT2D eigenvalue weighted by Crippen LogP contribution is 2.29. The van der Waals surface area contributed by atoms with Crippen molar-refractivity contribution in [1.29, 1.82) is 0 Å². The third-order valence-electron chi connectivity index (χ3n) is 2.70. The zero-order valence-electron chi connectivity index (χ0n) is 11.6. The molecule has 1 aromatic heterocycles. The SMILES string of the molecule is CCOC(=O)c1cc(C)sc1NC(=O)c1ccccc1F. The molecule has 0 spiro atoms. The minimum absolute atomic E-state index is 0.0710. The number of ether oxygens (including phenoxy) is 1. The summed E-state index contributed by atoms with van der Waals surface area (Å²) in [4.78, 5) is 24.8. The summed E-state index contributed by atoms with van der Waals surface area (Å²) in [6.07, 6.45) is 0. The second-order valence-electron chi connectivity index (χ2n) is 4.25. The van der Waals surface area contributed by atoms with Crippen LogP contribution in [0.3, 0.4) is 0 Å². The topological polar surface area (TPSA) is 55.4 Å². The number of carbonyl (C=O) groups is 2. The largest absolute Gasteiger partial charge is 0.462 e. The Morgan fingerprint density at radius 1 is 1.29 bits per heavy atom. The molecule has 0 saturated carbocycles. The van der Waals surface area contributed by atoms with E-state index in [1.54, 1.807) is 19.1 Å². The average molecular weight is 307 g/mol. The van der Waals surface area contributed by atoms with Crippen LogP contribution < -0.4 is 5.32 Å². The zero-order valence-corrected chi connectivity index (χ0v) is 12.4. The van der Waals surface area contributed by atoms with Crippen molar-refractivity contribution >= 4 is 28.2 Å². The monoisotopic (exact) mass is 307 g/mol. The Balaban J connectivity index is 2.26. The Hall–Kier alpha value is -2.21. The van der Waals surface area contributed by atoms with E-state index in [1.807, 2.05) is 6.92 Å². The molecule has 6 heteroatoms. The number of anilines is 1. The van der Waals surface area contributed by atoms with E-state index in [2.05, 4.69) is 5.32 Å². The van der Waals surface area contributed by atoms with Gasteiger partial charge in [0.15, 0.2) is 0 Å². The molecule has 0 fully saturated rings. The van der Waals surface area contributed by atoms with E-state index in [-0.39, 0.29) is 17.7 Å². The van der Waals surface area contributed by atoms with Crippen molar-refractivity contribution in [3.05, 3.63) is 52.2 Å². The maximum atomic E-state index is 13.6. The molecule has 0 aliphatic heterocycles. The van der Waals surface area contributed by atoms with Crippen LogP contribution in [0.2, 0.25) is 0 Å². The van der Waals surface area contributed by atoms with Crippen LogP contribution >= 0.6 is 11.3 Å². The number of nitrogens with one attached hydrogen (secondary N) is 1. The number of hydrogen-bond donors (Lipinski definition) is 1. The fourth-order valence-corrected chi connectivity index (χ4v) is 2.68. The van der Waals surface area contributed by atoms with Gasteiger partial charge in [-0.3, -0.25) is 4.79 Å². The Labute approximate surface area is 125 Å². The molecule has 2 aromatic rings. The van der Waals surface area contributed by atoms with Gasteiger partial charge in [-0.1, -0.05) is 12.1 Å². The van der Waals surface area contributed by atoms with E-state index < -0.39 is 17.7 Å². The zero-order chi connectivity index (χ0) is 15.4. The molecule has 2 rings (SSSR count). The van der Waals surface area contributed by atoms with E-state index >= 15 is 0 Å². The highest BCUT2D eigenvalue weighted by atomic mass is 32.1. The first-order valence-electron chi connectivity index (χ1n) is 6.36. The number of esters is 1. The fourth-order valence-electron chi connectivity index (χ4n) is 1.78. The normalized spacial score (nSPS) is 10.2. The van der Waals surface area contributed by atoms with Gasteiger partial charge in [0.2, 0.25) is 0 Å².